The van der Waals surface area contributed by atoms with E-state index in [9.17, 15) is 21.6 Å². The number of sulfone groups is 1. The third kappa shape index (κ3) is 5.37. The molecule has 174 valence electrons. The summed E-state index contributed by atoms with van der Waals surface area (Å²) in [6, 6.07) is 12.1. The number of benzene rings is 2. The molecule has 0 aromatic heterocycles. The van der Waals surface area contributed by atoms with Gasteiger partial charge in [-0.05, 0) is 56.7 Å². The van der Waals surface area contributed by atoms with Crippen molar-refractivity contribution < 1.29 is 21.6 Å². The molecule has 1 heterocycles. The number of aryl methyl sites for hydroxylation is 1. The Morgan fingerprint density at radius 2 is 1.47 bits per heavy atom. The van der Waals surface area contributed by atoms with Crippen LogP contribution >= 0.6 is 0 Å². The fourth-order valence-corrected chi connectivity index (χ4v) is 6.54. The van der Waals surface area contributed by atoms with E-state index in [0.717, 1.165) is 17.5 Å². The third-order valence-electron chi connectivity index (χ3n) is 5.53. The van der Waals surface area contributed by atoms with Crippen molar-refractivity contribution in [3.8, 4) is 0 Å². The lowest BCUT2D eigenvalue weighted by atomic mass is 10.1. The summed E-state index contributed by atoms with van der Waals surface area (Å²) < 4.78 is 51.3. The number of carbonyl (C=O) groups is 1. The van der Waals surface area contributed by atoms with Crippen molar-refractivity contribution in [1.29, 1.82) is 0 Å². The molecule has 0 bridgehead atoms. The molecular weight excluding hydrogens is 450 g/mol. The van der Waals surface area contributed by atoms with Crippen LogP contribution in [-0.4, -0.2) is 69.9 Å². The van der Waals surface area contributed by atoms with E-state index in [0.29, 0.717) is 13.1 Å². The van der Waals surface area contributed by atoms with Gasteiger partial charge in [-0.2, -0.15) is 4.31 Å². The van der Waals surface area contributed by atoms with Gasteiger partial charge in [0.15, 0.2) is 9.84 Å². The zero-order chi connectivity index (χ0) is 23.7. The van der Waals surface area contributed by atoms with Crippen molar-refractivity contribution in [2.75, 3.05) is 31.2 Å². The molecule has 2 unspecified atom stereocenters. The summed E-state index contributed by atoms with van der Waals surface area (Å²) in [7, 11) is -7.23. The fourth-order valence-electron chi connectivity index (χ4n) is 4.11. The first-order chi connectivity index (χ1) is 14.9. The summed E-state index contributed by atoms with van der Waals surface area (Å²) in [5.74, 6) is -0.147. The van der Waals surface area contributed by atoms with E-state index < -0.39 is 19.9 Å². The lowest BCUT2D eigenvalue weighted by Crippen LogP contribution is -2.59. The highest BCUT2D eigenvalue weighted by Gasteiger charge is 2.38. The molecule has 1 amide bonds. The Labute approximate surface area is 190 Å². The van der Waals surface area contributed by atoms with Gasteiger partial charge in [0.2, 0.25) is 15.9 Å². The van der Waals surface area contributed by atoms with Crippen LogP contribution in [0.4, 0.5) is 5.69 Å². The average Bonchev–Trinajstić information content (AvgIpc) is 2.68. The molecule has 1 aliphatic heterocycles. The highest BCUT2D eigenvalue weighted by atomic mass is 32.2. The smallest absolute Gasteiger partial charge is 0.243 e. The van der Waals surface area contributed by atoms with Crippen LogP contribution in [0.25, 0.3) is 0 Å². The molecule has 3 rings (SSSR count). The molecule has 0 radical (unpaired) electrons. The van der Waals surface area contributed by atoms with Gasteiger partial charge in [0.05, 0.1) is 16.3 Å². The van der Waals surface area contributed by atoms with Crippen LogP contribution in [0.5, 0.6) is 0 Å². The molecule has 8 nitrogen and oxygen atoms in total. The number of para-hydroxylation sites is 1. The Morgan fingerprint density at radius 1 is 0.938 bits per heavy atom. The van der Waals surface area contributed by atoms with Crippen molar-refractivity contribution in [2.45, 2.75) is 42.6 Å². The van der Waals surface area contributed by atoms with Gasteiger partial charge in [0, 0.05) is 37.1 Å². The van der Waals surface area contributed by atoms with E-state index in [-0.39, 0.29) is 34.3 Å². The number of rotatable bonds is 6. The number of hydrogen-bond acceptors (Lipinski definition) is 6. The Morgan fingerprint density at radius 3 is 2.00 bits per heavy atom. The van der Waals surface area contributed by atoms with Crippen molar-refractivity contribution in [3.05, 3.63) is 54.1 Å². The van der Waals surface area contributed by atoms with E-state index in [1.54, 1.807) is 0 Å². The van der Waals surface area contributed by atoms with Gasteiger partial charge in [0.1, 0.15) is 0 Å². The molecule has 0 saturated carbocycles. The molecule has 2 atom stereocenters. The summed E-state index contributed by atoms with van der Waals surface area (Å²) in [4.78, 5) is 14.6. The monoisotopic (exact) mass is 479 g/mol. The number of nitrogens with one attached hydrogen (secondary N) is 1. The summed E-state index contributed by atoms with van der Waals surface area (Å²) in [5, 5.41) is 2.91. The number of sulfonamides is 1. The maximum atomic E-state index is 13.3. The van der Waals surface area contributed by atoms with E-state index in [4.69, 9.17) is 0 Å². The van der Waals surface area contributed by atoms with Gasteiger partial charge in [-0.15, -0.1) is 0 Å². The number of carbonyl (C=O) groups excluding carboxylic acids is 1. The predicted molar refractivity (Wildman–Crippen MR) is 124 cm³/mol. The zero-order valence-corrected chi connectivity index (χ0v) is 20.3. The number of hydrogen-bond donors (Lipinski definition) is 1. The highest BCUT2D eigenvalue weighted by molar-refractivity contribution is 7.90. The second kappa shape index (κ2) is 9.30. The quantitative estimate of drug-likeness (QED) is 0.681. The molecule has 2 aromatic carbocycles. The number of nitrogens with zero attached hydrogens (tertiary/aromatic N) is 2. The molecule has 1 N–H and O–H groups in total. The van der Waals surface area contributed by atoms with Crippen LogP contribution in [0.2, 0.25) is 0 Å². The minimum atomic E-state index is -3.82. The van der Waals surface area contributed by atoms with Crippen molar-refractivity contribution in [3.63, 3.8) is 0 Å². The Kier molecular flexibility index (Phi) is 7.09. The SMILES string of the molecule is Cc1ccccc1NC(=O)CN1CC(C)N(S(=O)(=O)c2ccc(S(C)(=O)=O)cc2)C(C)C1. The van der Waals surface area contributed by atoms with Gasteiger partial charge in [0.25, 0.3) is 0 Å². The van der Waals surface area contributed by atoms with Crippen molar-refractivity contribution >= 4 is 31.5 Å². The lowest BCUT2D eigenvalue weighted by Gasteiger charge is -2.43. The molecule has 0 spiro atoms. The topological polar surface area (TPSA) is 104 Å². The second-order valence-corrected chi connectivity index (χ2v) is 12.2. The van der Waals surface area contributed by atoms with E-state index >= 15 is 0 Å². The molecule has 10 heteroatoms. The molecule has 1 aliphatic rings. The Hall–Kier alpha value is -2.27. The highest BCUT2D eigenvalue weighted by Crippen LogP contribution is 2.26. The minimum absolute atomic E-state index is 0.0503. The van der Waals surface area contributed by atoms with Crippen molar-refractivity contribution in [1.82, 2.24) is 9.21 Å². The summed E-state index contributed by atoms with van der Waals surface area (Å²) in [6.07, 6.45) is 1.08. The number of anilines is 1. The van der Waals surface area contributed by atoms with Crippen LogP contribution < -0.4 is 5.32 Å². The summed E-state index contributed by atoms with van der Waals surface area (Å²) in [5.41, 5.74) is 1.73. The third-order valence-corrected chi connectivity index (χ3v) is 8.80. The van der Waals surface area contributed by atoms with Crippen LogP contribution in [0, 0.1) is 6.92 Å². The fraction of sp³-hybridized carbons (Fsp3) is 0.409. The molecule has 2 aromatic rings. The Balaban J connectivity index is 1.70. The maximum Gasteiger partial charge on any atom is 0.243 e. The Bertz CT molecular complexity index is 1180. The van der Waals surface area contributed by atoms with E-state index in [1.807, 2.05) is 49.9 Å². The van der Waals surface area contributed by atoms with E-state index in [1.165, 1.54) is 28.6 Å². The maximum absolute atomic E-state index is 13.3. The van der Waals surface area contributed by atoms with Gasteiger partial charge in [-0.25, -0.2) is 16.8 Å². The molecule has 1 saturated heterocycles. The summed E-state index contributed by atoms with van der Waals surface area (Å²) in [6.45, 7) is 6.53. The van der Waals surface area contributed by atoms with Gasteiger partial charge in [-0.3, -0.25) is 9.69 Å². The average molecular weight is 480 g/mol. The van der Waals surface area contributed by atoms with Gasteiger partial charge >= 0.3 is 0 Å². The van der Waals surface area contributed by atoms with Crippen LogP contribution in [0.1, 0.15) is 19.4 Å². The van der Waals surface area contributed by atoms with Gasteiger partial charge < -0.3 is 5.32 Å². The first kappa shape index (κ1) is 24.4. The van der Waals surface area contributed by atoms with Crippen LogP contribution in [0.15, 0.2) is 58.3 Å². The van der Waals surface area contributed by atoms with E-state index in [2.05, 4.69) is 5.32 Å². The first-order valence-corrected chi connectivity index (χ1v) is 13.6. The standard InChI is InChI=1S/C22H29N3O5S2/c1-16-7-5-6-8-21(16)23-22(26)15-24-13-17(2)25(18(3)14-24)32(29,30)20-11-9-19(10-12-20)31(4,27)28/h5-12,17-18H,13-15H2,1-4H3,(H,23,26). The molecular formula is C22H29N3O5S2. The lowest BCUT2D eigenvalue weighted by molar-refractivity contribution is -0.118. The number of piperazine rings is 1. The summed E-state index contributed by atoms with van der Waals surface area (Å²) >= 11 is 0. The van der Waals surface area contributed by atoms with Gasteiger partial charge in [-0.1, -0.05) is 18.2 Å². The zero-order valence-electron chi connectivity index (χ0n) is 18.6. The van der Waals surface area contributed by atoms with Crippen LogP contribution in [0.3, 0.4) is 0 Å². The normalized spacial score (nSPS) is 20.8. The molecule has 0 aliphatic carbocycles. The van der Waals surface area contributed by atoms with Crippen molar-refractivity contribution in [2.24, 2.45) is 0 Å². The second-order valence-electron chi connectivity index (χ2n) is 8.33. The number of amides is 1. The first-order valence-electron chi connectivity index (χ1n) is 10.3. The van der Waals surface area contributed by atoms with Crippen LogP contribution in [-0.2, 0) is 24.7 Å². The molecule has 32 heavy (non-hydrogen) atoms. The minimum Gasteiger partial charge on any atom is -0.325 e. The molecule has 1 fully saturated rings. The predicted octanol–water partition coefficient (Wildman–Crippen LogP) is 2.12. The largest absolute Gasteiger partial charge is 0.325 e.